The maximum Gasteiger partial charge on any atom is 0.303 e. The van der Waals surface area contributed by atoms with Crippen LogP contribution in [0.4, 0.5) is 0 Å². The number of carbonyl (C=O) groups is 1. The zero-order valence-corrected chi connectivity index (χ0v) is 30.4. The molecule has 0 aromatic carbocycles. The van der Waals surface area contributed by atoms with Crippen molar-refractivity contribution in [3.8, 4) is 0 Å². The number of carboxylic acid groups (broad SMARTS) is 1. The Hall–Kier alpha value is -1.01. The lowest BCUT2D eigenvalue weighted by Crippen LogP contribution is -2.68. The average Bonchev–Trinajstić information content (AvgIpc) is 3.05. The first-order chi connectivity index (χ1) is 23.4. The molecule has 2 saturated heterocycles. The van der Waals surface area contributed by atoms with E-state index in [0.29, 0.717) is 25.8 Å². The van der Waals surface area contributed by atoms with Crippen molar-refractivity contribution in [3.63, 3.8) is 0 Å². The lowest BCUT2D eigenvalue weighted by Gasteiger charge is -2.48. The van der Waals surface area contributed by atoms with E-state index in [-0.39, 0.29) is 18.8 Å². The number of nitrogens with two attached hydrogens (primary N) is 4. The molecule has 13 N–H and O–H groups in total. The molecule has 1 aliphatic carbocycles. The Bertz CT molecular complexity index is 890. The van der Waals surface area contributed by atoms with Crippen molar-refractivity contribution in [2.45, 2.75) is 196 Å². The minimum Gasteiger partial charge on any atom is -0.481 e. The van der Waals surface area contributed by atoms with Gasteiger partial charge >= 0.3 is 5.97 Å². The maximum absolute atomic E-state index is 11.0. The highest BCUT2D eigenvalue weighted by atomic mass is 16.7. The first kappa shape index (κ1) is 44.2. The molecule has 0 amide bonds. The third kappa shape index (κ3) is 15.2. The summed E-state index contributed by atoms with van der Waals surface area (Å²) in [6.07, 6.45) is 12.8. The molecule has 0 bridgehead atoms. The van der Waals surface area contributed by atoms with Gasteiger partial charge in [0.25, 0.3) is 0 Å². The molecule has 0 radical (unpaired) electrons. The molecule has 0 spiro atoms. The van der Waals surface area contributed by atoms with Crippen LogP contribution in [0.2, 0.25) is 0 Å². The van der Waals surface area contributed by atoms with Gasteiger partial charge in [-0.25, -0.2) is 0 Å². The molecular weight excluding hydrogens is 634 g/mol. The van der Waals surface area contributed by atoms with Crippen LogP contribution < -0.4 is 28.3 Å². The smallest absolute Gasteiger partial charge is 0.303 e. The lowest BCUT2D eigenvalue weighted by molar-refractivity contribution is -0.306. The van der Waals surface area contributed by atoms with E-state index >= 15 is 0 Å². The van der Waals surface area contributed by atoms with Crippen LogP contribution in [0.1, 0.15) is 123 Å². The zero-order valence-electron chi connectivity index (χ0n) is 30.4. The van der Waals surface area contributed by atoms with E-state index < -0.39 is 66.7 Å². The van der Waals surface area contributed by atoms with Crippen LogP contribution in [0, 0.1) is 0 Å². The van der Waals surface area contributed by atoms with E-state index in [1.807, 2.05) is 0 Å². The highest BCUT2D eigenvalue weighted by Crippen LogP contribution is 2.31. The van der Waals surface area contributed by atoms with Gasteiger partial charge in [0.15, 0.2) is 12.6 Å². The molecule has 3 rings (SSSR count). The Labute approximate surface area is 294 Å². The van der Waals surface area contributed by atoms with Crippen LogP contribution in [0.25, 0.3) is 0 Å². The monoisotopic (exact) mass is 706 g/mol. The minimum absolute atomic E-state index is 0.0665. The molecule has 12 atom stereocenters. The molecule has 3 aliphatic rings. The zero-order chi connectivity index (χ0) is 36.4. The average molecular weight is 706 g/mol. The SMILES string of the molecule is CCCCCCCCCCCCCCCC(=O)O.CN[C@@H]1[C@H](O)[C@@H](O[C@@H]2[C@H](O)[C@H](O[C@H]3O[C@H](CN)CC[C@H]3N)[C@@H](N)C[C@H]2N)OC[C@]1(C)O. The number of unbranched alkanes of at least 4 members (excludes halogenated alkanes) is 12. The van der Waals surface area contributed by atoms with Crippen molar-refractivity contribution in [2.24, 2.45) is 22.9 Å². The van der Waals surface area contributed by atoms with Gasteiger partial charge < -0.3 is 67.6 Å². The van der Waals surface area contributed by atoms with Gasteiger partial charge in [-0.2, -0.15) is 0 Å². The first-order valence-electron chi connectivity index (χ1n) is 18.9. The molecule has 290 valence electrons. The van der Waals surface area contributed by atoms with Crippen LogP contribution in [0.5, 0.6) is 0 Å². The number of nitrogens with one attached hydrogen (secondary N) is 1. The summed E-state index contributed by atoms with van der Waals surface area (Å²) >= 11 is 0. The van der Waals surface area contributed by atoms with E-state index in [2.05, 4.69) is 12.2 Å². The second-order valence-corrected chi connectivity index (χ2v) is 14.5. The van der Waals surface area contributed by atoms with Gasteiger partial charge in [-0.3, -0.25) is 4.79 Å². The van der Waals surface area contributed by atoms with Gasteiger partial charge in [-0.05, 0) is 39.7 Å². The van der Waals surface area contributed by atoms with Gasteiger partial charge in [-0.1, -0.05) is 84.0 Å². The number of hydrogen-bond acceptors (Lipinski definition) is 13. The molecule has 1 saturated carbocycles. The molecule has 14 nitrogen and oxygen atoms in total. The van der Waals surface area contributed by atoms with E-state index in [1.54, 1.807) is 14.0 Å². The Kier molecular flexibility index (Phi) is 21.2. The summed E-state index contributed by atoms with van der Waals surface area (Å²) in [4.78, 5) is 10.3. The number of likely N-dealkylation sites (N-methyl/N-ethyl adjacent to an activating group) is 1. The molecule has 0 aromatic heterocycles. The third-order valence-corrected chi connectivity index (χ3v) is 10.0. The highest BCUT2D eigenvalue weighted by molar-refractivity contribution is 5.66. The molecule has 2 aliphatic heterocycles. The Morgan fingerprint density at radius 2 is 1.33 bits per heavy atom. The number of hydrogen-bond donors (Lipinski definition) is 9. The molecule has 49 heavy (non-hydrogen) atoms. The number of rotatable bonds is 20. The number of aliphatic hydroxyl groups excluding tert-OH is 2. The quantitative estimate of drug-likeness (QED) is 0.0816. The van der Waals surface area contributed by atoms with E-state index in [1.165, 1.54) is 70.6 Å². The lowest BCUT2D eigenvalue weighted by atomic mass is 9.84. The van der Waals surface area contributed by atoms with Crippen molar-refractivity contribution in [1.82, 2.24) is 5.32 Å². The van der Waals surface area contributed by atoms with Crippen LogP contribution in [-0.4, -0.2) is 119 Å². The summed E-state index contributed by atoms with van der Waals surface area (Å²) in [5, 5.41) is 43.4. The number of ether oxygens (including phenoxy) is 4. The van der Waals surface area contributed by atoms with Crippen LogP contribution in [0.3, 0.4) is 0 Å². The van der Waals surface area contributed by atoms with Gasteiger partial charge in [0, 0.05) is 25.0 Å². The fourth-order valence-electron chi connectivity index (χ4n) is 6.99. The summed E-state index contributed by atoms with van der Waals surface area (Å²) in [5.41, 5.74) is 23.0. The summed E-state index contributed by atoms with van der Waals surface area (Å²) < 4.78 is 23.3. The van der Waals surface area contributed by atoms with Crippen LogP contribution in [0.15, 0.2) is 0 Å². The largest absolute Gasteiger partial charge is 0.481 e. The normalized spacial score (nSPS) is 36.6. The van der Waals surface area contributed by atoms with Gasteiger partial charge in [0.1, 0.15) is 30.0 Å². The summed E-state index contributed by atoms with van der Waals surface area (Å²) in [6.45, 7) is 4.09. The Morgan fingerprint density at radius 3 is 1.82 bits per heavy atom. The topological polar surface area (TPSA) is 251 Å². The van der Waals surface area contributed by atoms with Gasteiger partial charge in [0.05, 0.1) is 24.8 Å². The fraction of sp³-hybridized carbons (Fsp3) is 0.971. The first-order valence-corrected chi connectivity index (χ1v) is 18.9. The van der Waals surface area contributed by atoms with Crippen molar-refractivity contribution in [3.05, 3.63) is 0 Å². The summed E-state index contributed by atoms with van der Waals surface area (Å²) in [6, 6.07) is -2.26. The molecule has 0 aromatic rings. The van der Waals surface area contributed by atoms with Crippen molar-refractivity contribution >= 4 is 5.97 Å². The predicted octanol–water partition coefficient (Wildman–Crippen LogP) is 1.58. The Balaban J connectivity index is 0.000000397. The van der Waals surface area contributed by atoms with Crippen molar-refractivity contribution in [2.75, 3.05) is 20.2 Å². The minimum atomic E-state index is -1.29. The number of aliphatic hydroxyl groups is 3. The van der Waals surface area contributed by atoms with Crippen molar-refractivity contribution in [1.29, 1.82) is 0 Å². The number of carboxylic acids is 1. The van der Waals surface area contributed by atoms with E-state index in [4.69, 9.17) is 47.0 Å². The van der Waals surface area contributed by atoms with Crippen LogP contribution >= 0.6 is 0 Å². The van der Waals surface area contributed by atoms with Gasteiger partial charge in [-0.15, -0.1) is 0 Å². The summed E-state index contributed by atoms with van der Waals surface area (Å²) in [7, 11) is 1.62. The molecule has 3 fully saturated rings. The Morgan fingerprint density at radius 1 is 0.816 bits per heavy atom. The highest BCUT2D eigenvalue weighted by Gasteiger charge is 2.50. The molecule has 14 heteroatoms. The van der Waals surface area contributed by atoms with E-state index in [9.17, 15) is 20.1 Å². The predicted molar refractivity (Wildman–Crippen MR) is 188 cm³/mol. The second-order valence-electron chi connectivity index (χ2n) is 14.5. The van der Waals surface area contributed by atoms with E-state index in [0.717, 1.165) is 19.3 Å². The second kappa shape index (κ2) is 23.5. The molecule has 0 unspecified atom stereocenters. The maximum atomic E-state index is 11.0. The fourth-order valence-corrected chi connectivity index (χ4v) is 6.99. The molecule has 2 heterocycles. The van der Waals surface area contributed by atoms with Crippen molar-refractivity contribution < 1.29 is 44.2 Å². The third-order valence-electron chi connectivity index (χ3n) is 10.0. The summed E-state index contributed by atoms with van der Waals surface area (Å²) in [5.74, 6) is -0.655. The molecular formula is C35H71N5O9. The van der Waals surface area contributed by atoms with Gasteiger partial charge in [0.2, 0.25) is 0 Å². The van der Waals surface area contributed by atoms with Crippen LogP contribution in [-0.2, 0) is 23.7 Å². The number of aliphatic carboxylic acids is 1. The standard InChI is InChI=1S/C19H39N5O7.C16H32O2/c1-19(27)7-28-18(13(26)16(19)24-2)31-15-11(23)5-10(22)14(12(15)25)30-17-9(21)4-3-8(6-20)29-17;1-2-3-4-5-6-7-8-9-10-11-12-13-14-15-16(17)18/h8-18,24-27H,3-7,20-23H2,1-2H3;2-15H2,1H3,(H,17,18)/t8-,9+,10-,11+,12+,13-,14+,15-,16+,17+,18+,19-;/m0./s1.